The summed E-state index contributed by atoms with van der Waals surface area (Å²) in [7, 11) is -0.544. The van der Waals surface area contributed by atoms with E-state index in [1.807, 2.05) is 78.9 Å². The molecule has 4 fully saturated rings. The van der Waals surface area contributed by atoms with Crippen LogP contribution in [0.4, 0.5) is 0 Å². The summed E-state index contributed by atoms with van der Waals surface area (Å²) in [5.74, 6) is 0.551. The van der Waals surface area contributed by atoms with Gasteiger partial charge in [0.1, 0.15) is 0 Å². The predicted molar refractivity (Wildman–Crippen MR) is 192 cm³/mol. The molecule has 3 aromatic rings. The molecule has 2 bridgehead atoms. The van der Waals surface area contributed by atoms with Crippen LogP contribution >= 0.6 is 0 Å². The zero-order chi connectivity index (χ0) is 34.4. The third-order valence-corrected chi connectivity index (χ3v) is 11.6. The third-order valence-electron chi connectivity index (χ3n) is 11.6. The van der Waals surface area contributed by atoms with Gasteiger partial charge in [0.15, 0.2) is 0 Å². The maximum absolute atomic E-state index is 14.5. The van der Waals surface area contributed by atoms with Gasteiger partial charge in [0, 0.05) is 18.4 Å². The molecule has 0 radical (unpaired) electrons. The van der Waals surface area contributed by atoms with Crippen molar-refractivity contribution in [3.63, 3.8) is 0 Å². The van der Waals surface area contributed by atoms with Gasteiger partial charge in [-0.2, -0.15) is 0 Å². The van der Waals surface area contributed by atoms with Crippen LogP contribution < -0.4 is 10.6 Å². The molecule has 49 heavy (non-hydrogen) atoms. The number of nitrogens with zero attached hydrogens (tertiary/aromatic N) is 1. The van der Waals surface area contributed by atoms with Crippen molar-refractivity contribution in [1.82, 2.24) is 10.6 Å². The highest BCUT2D eigenvalue weighted by Crippen LogP contribution is 2.65. The fourth-order valence-corrected chi connectivity index (χ4v) is 8.74. The van der Waals surface area contributed by atoms with E-state index in [0.29, 0.717) is 41.9 Å². The molecule has 2 heterocycles. The third kappa shape index (κ3) is 6.43. The molecule has 2 aliphatic heterocycles. The number of oxime groups is 1. The average Bonchev–Trinajstić information content (AvgIpc) is 3.68. The van der Waals surface area contributed by atoms with Crippen molar-refractivity contribution in [1.29, 1.82) is 0 Å². The SMILES string of the molecule is CC(C)C[C@H](NC(=O)C1(Cc2ccccc2)CC(CNC(=O)c2cccc(-c3ccccc3)c2)=NO1)B1O[C@@H]2C[C@@H]3C[C@@H](C3(C)C)[C@]2(C)O1. The van der Waals surface area contributed by atoms with Gasteiger partial charge in [-0.25, -0.2) is 0 Å². The van der Waals surface area contributed by atoms with Crippen molar-refractivity contribution in [2.75, 3.05) is 6.54 Å². The summed E-state index contributed by atoms with van der Waals surface area (Å²) >= 11 is 0. The fraction of sp³-hybridized carbons (Fsp3) is 0.475. The van der Waals surface area contributed by atoms with Crippen LogP contribution in [0.1, 0.15) is 76.2 Å². The molecule has 5 aliphatic rings. The van der Waals surface area contributed by atoms with Gasteiger partial charge in [-0.3, -0.25) is 9.59 Å². The largest absolute Gasteiger partial charge is 0.481 e. The molecule has 0 aromatic heterocycles. The molecule has 1 saturated heterocycles. The predicted octanol–water partition coefficient (Wildman–Crippen LogP) is 6.64. The van der Waals surface area contributed by atoms with Gasteiger partial charge in [0.25, 0.3) is 11.8 Å². The minimum atomic E-state index is -1.28. The van der Waals surface area contributed by atoms with E-state index in [-0.39, 0.29) is 47.8 Å². The zero-order valence-corrected chi connectivity index (χ0v) is 29.3. The van der Waals surface area contributed by atoms with E-state index < -0.39 is 12.7 Å². The van der Waals surface area contributed by atoms with Crippen molar-refractivity contribution in [2.24, 2.45) is 28.3 Å². The Bertz CT molecular complexity index is 1720. The second-order valence-corrected chi connectivity index (χ2v) is 15.8. The lowest BCUT2D eigenvalue weighted by molar-refractivity contribution is -0.199. The van der Waals surface area contributed by atoms with E-state index in [0.717, 1.165) is 23.1 Å². The fourth-order valence-electron chi connectivity index (χ4n) is 8.74. The molecule has 3 aromatic carbocycles. The first-order valence-corrected chi connectivity index (χ1v) is 17.8. The number of carbonyl (C=O) groups is 2. The number of carbonyl (C=O) groups excluding carboxylic acids is 2. The lowest BCUT2D eigenvalue weighted by Gasteiger charge is -2.64. The quantitative estimate of drug-likeness (QED) is 0.225. The number of hydrogen-bond donors (Lipinski definition) is 2. The molecule has 9 heteroatoms. The molecule has 1 unspecified atom stereocenters. The van der Waals surface area contributed by atoms with Crippen LogP contribution in [-0.4, -0.2) is 54.4 Å². The standard InChI is InChI=1S/C40H48BN3O5/c1-26(2)19-35(41-47-34-22-31-21-33(38(31,3)4)39(34,5)48-41)43-37(46)40(23-27-13-8-6-9-14-27)24-32(44-49-40)25-42-36(45)30-18-12-17-29(20-30)28-15-10-7-11-16-28/h6-18,20,26,31,33-35H,19,21-25H2,1-5H3,(H,42,45)(H,43,46)/t31-,33-,34+,35-,39-,40?/m0/s1. The highest BCUT2D eigenvalue weighted by atomic mass is 16.7. The zero-order valence-electron chi connectivity index (χ0n) is 29.3. The molecule has 6 atom stereocenters. The second kappa shape index (κ2) is 13.1. The van der Waals surface area contributed by atoms with Gasteiger partial charge in [0.05, 0.1) is 29.9 Å². The Labute approximate surface area is 290 Å². The summed E-state index contributed by atoms with van der Waals surface area (Å²) in [5.41, 5.74) is 2.71. The normalized spacial score (nSPS) is 28.6. The van der Waals surface area contributed by atoms with Crippen LogP contribution in [0.5, 0.6) is 0 Å². The Balaban J connectivity index is 1.06. The first-order chi connectivity index (χ1) is 23.5. The maximum Gasteiger partial charge on any atom is 0.481 e. The minimum absolute atomic E-state index is 0.0220. The van der Waals surface area contributed by atoms with Crippen molar-refractivity contribution < 1.29 is 23.7 Å². The lowest BCUT2D eigenvalue weighted by atomic mass is 9.43. The Hall–Kier alpha value is -3.95. The molecular weight excluding hydrogens is 613 g/mol. The molecule has 0 spiro atoms. The van der Waals surface area contributed by atoms with Gasteiger partial charge in [-0.15, -0.1) is 0 Å². The van der Waals surface area contributed by atoms with Gasteiger partial charge in [-0.05, 0) is 78.2 Å². The molecule has 2 amide bonds. The van der Waals surface area contributed by atoms with Crippen molar-refractivity contribution in [3.05, 3.63) is 96.1 Å². The number of nitrogens with one attached hydrogen (secondary N) is 2. The van der Waals surface area contributed by atoms with Crippen molar-refractivity contribution in [3.8, 4) is 11.1 Å². The topological polar surface area (TPSA) is 98.3 Å². The number of benzene rings is 3. The van der Waals surface area contributed by atoms with Crippen LogP contribution in [-0.2, 0) is 25.4 Å². The summed E-state index contributed by atoms with van der Waals surface area (Å²) < 4.78 is 13.5. The molecule has 3 saturated carbocycles. The first-order valence-electron chi connectivity index (χ1n) is 17.8. The van der Waals surface area contributed by atoms with E-state index in [9.17, 15) is 9.59 Å². The highest BCUT2D eigenvalue weighted by molar-refractivity contribution is 6.48. The van der Waals surface area contributed by atoms with E-state index in [1.165, 1.54) is 6.42 Å². The van der Waals surface area contributed by atoms with E-state index >= 15 is 0 Å². The summed E-state index contributed by atoms with van der Waals surface area (Å²) in [4.78, 5) is 33.8. The molecule has 8 nitrogen and oxygen atoms in total. The highest BCUT2D eigenvalue weighted by Gasteiger charge is 2.68. The van der Waals surface area contributed by atoms with Gasteiger partial charge < -0.3 is 24.8 Å². The molecule has 8 rings (SSSR count). The summed E-state index contributed by atoms with van der Waals surface area (Å²) in [6, 6.07) is 27.4. The molecule has 2 N–H and O–H groups in total. The van der Waals surface area contributed by atoms with E-state index in [2.05, 4.69) is 50.4 Å². The Morgan fingerprint density at radius 3 is 2.37 bits per heavy atom. The summed E-state index contributed by atoms with van der Waals surface area (Å²) in [6.45, 7) is 11.4. The number of amides is 2. The van der Waals surface area contributed by atoms with Crippen LogP contribution in [0.25, 0.3) is 11.1 Å². The van der Waals surface area contributed by atoms with Crippen LogP contribution in [0.2, 0.25) is 0 Å². The molecule has 256 valence electrons. The average molecular weight is 662 g/mol. The molecule has 3 aliphatic carbocycles. The van der Waals surface area contributed by atoms with E-state index in [4.69, 9.17) is 14.1 Å². The minimum Gasteiger partial charge on any atom is -0.404 e. The number of hydrogen-bond acceptors (Lipinski definition) is 6. The second-order valence-electron chi connectivity index (χ2n) is 15.8. The van der Waals surface area contributed by atoms with Crippen LogP contribution in [0.15, 0.2) is 90.1 Å². The smallest absolute Gasteiger partial charge is 0.404 e. The van der Waals surface area contributed by atoms with Crippen LogP contribution in [0, 0.1) is 23.2 Å². The van der Waals surface area contributed by atoms with Gasteiger partial charge >= 0.3 is 7.12 Å². The van der Waals surface area contributed by atoms with E-state index in [1.54, 1.807) is 6.07 Å². The van der Waals surface area contributed by atoms with Crippen molar-refractivity contribution >= 4 is 24.6 Å². The van der Waals surface area contributed by atoms with Gasteiger partial charge in [0.2, 0.25) is 5.60 Å². The lowest BCUT2D eigenvalue weighted by Crippen LogP contribution is -2.65. The summed E-state index contributed by atoms with van der Waals surface area (Å²) in [5, 5.41) is 10.7. The summed E-state index contributed by atoms with van der Waals surface area (Å²) in [6.07, 6.45) is 3.45. The first kappa shape index (κ1) is 33.5. The monoisotopic (exact) mass is 661 g/mol. The Morgan fingerprint density at radius 2 is 1.65 bits per heavy atom. The maximum atomic E-state index is 14.5. The Kier molecular flexibility index (Phi) is 8.95. The van der Waals surface area contributed by atoms with Gasteiger partial charge in [-0.1, -0.05) is 106 Å². The molecular formula is C40H48BN3O5. The number of rotatable bonds is 11. The Morgan fingerprint density at radius 1 is 0.939 bits per heavy atom. The van der Waals surface area contributed by atoms with Crippen LogP contribution in [0.3, 0.4) is 0 Å². The van der Waals surface area contributed by atoms with Crippen molar-refractivity contribution in [2.45, 2.75) is 90.0 Å².